The highest BCUT2D eigenvalue weighted by atomic mass is 33.1. The Kier molecular flexibility index (Phi) is 6.03. The molecule has 4 rings (SSSR count). The van der Waals surface area contributed by atoms with Gasteiger partial charge in [0.2, 0.25) is 5.90 Å². The highest BCUT2D eigenvalue weighted by Gasteiger charge is 2.26. The van der Waals surface area contributed by atoms with Crippen molar-refractivity contribution in [2.75, 3.05) is 12.4 Å². The van der Waals surface area contributed by atoms with Gasteiger partial charge in [0.1, 0.15) is 29.8 Å². The maximum atomic E-state index is 13.9. The van der Waals surface area contributed by atoms with Crippen LogP contribution in [0.1, 0.15) is 42.0 Å². The Morgan fingerprint density at radius 3 is 2.41 bits per heavy atom. The molecule has 0 spiro atoms. The van der Waals surface area contributed by atoms with E-state index in [0.29, 0.717) is 6.61 Å². The number of ether oxygens (including phenoxy) is 1. The third kappa shape index (κ3) is 4.49. The van der Waals surface area contributed by atoms with Crippen LogP contribution in [0.15, 0.2) is 47.5 Å². The van der Waals surface area contributed by atoms with Crippen molar-refractivity contribution in [2.24, 2.45) is 10.9 Å². The molecule has 0 bridgehead atoms. The molecular weight excluding hydrogens is 384 g/mol. The summed E-state index contributed by atoms with van der Waals surface area (Å²) in [7, 11) is 3.87. The Balaban J connectivity index is 1.35. The number of aliphatic imine (C=N–C) groups is 1. The minimum Gasteiger partial charge on any atom is -0.475 e. The SMILES string of the molecule is Fc1cccc(F)c1C1=NC(c2ccc(CSSCC3CCC3)cc2)CO1. The molecular formula is C21H21F2NOS2. The first-order chi connectivity index (χ1) is 13.2. The Bertz CT molecular complexity index is 801. The second-order valence-corrected chi connectivity index (χ2v) is 9.45. The standard InChI is InChI=1S/C21H21F2NOS2/c22-17-5-2-6-18(23)20(17)21-24-19(11-25-21)16-9-7-15(8-10-16)13-27-26-12-14-3-1-4-14/h2,5-10,14,19H,1,3-4,11-13H2. The predicted octanol–water partition coefficient (Wildman–Crippen LogP) is 6.16. The van der Waals surface area contributed by atoms with Crippen molar-refractivity contribution < 1.29 is 13.5 Å². The fourth-order valence-electron chi connectivity index (χ4n) is 3.13. The van der Waals surface area contributed by atoms with Crippen molar-refractivity contribution in [2.45, 2.75) is 31.1 Å². The lowest BCUT2D eigenvalue weighted by Gasteiger charge is -2.24. The fourth-order valence-corrected chi connectivity index (χ4v) is 5.69. The Morgan fingerprint density at radius 2 is 1.74 bits per heavy atom. The third-order valence-electron chi connectivity index (χ3n) is 5.03. The summed E-state index contributed by atoms with van der Waals surface area (Å²) in [5.41, 5.74) is 2.09. The molecule has 0 amide bonds. The highest BCUT2D eigenvalue weighted by Crippen LogP contribution is 2.35. The molecule has 0 aromatic heterocycles. The summed E-state index contributed by atoms with van der Waals surface area (Å²) >= 11 is 0. The number of rotatable bonds is 7. The van der Waals surface area contributed by atoms with Gasteiger partial charge in [-0.15, -0.1) is 0 Å². The fraction of sp³-hybridized carbons (Fsp3) is 0.381. The van der Waals surface area contributed by atoms with E-state index in [9.17, 15) is 8.78 Å². The average molecular weight is 406 g/mol. The van der Waals surface area contributed by atoms with Gasteiger partial charge in [-0.2, -0.15) is 0 Å². The van der Waals surface area contributed by atoms with Crippen LogP contribution in [-0.4, -0.2) is 18.3 Å². The molecule has 2 aliphatic rings. The topological polar surface area (TPSA) is 21.6 Å². The first kappa shape index (κ1) is 18.8. The van der Waals surface area contributed by atoms with E-state index < -0.39 is 11.6 Å². The maximum Gasteiger partial charge on any atom is 0.222 e. The summed E-state index contributed by atoms with van der Waals surface area (Å²) in [6.45, 7) is 0.300. The average Bonchev–Trinajstić information content (AvgIpc) is 3.10. The molecule has 0 N–H and O–H groups in total. The van der Waals surface area contributed by atoms with Crippen molar-refractivity contribution in [1.29, 1.82) is 0 Å². The Labute approximate surface area is 166 Å². The zero-order valence-corrected chi connectivity index (χ0v) is 16.5. The van der Waals surface area contributed by atoms with Gasteiger partial charge in [0.15, 0.2) is 0 Å². The van der Waals surface area contributed by atoms with Gasteiger partial charge in [0, 0.05) is 11.5 Å². The molecule has 6 heteroatoms. The first-order valence-corrected chi connectivity index (χ1v) is 11.7. The van der Waals surface area contributed by atoms with Crippen LogP contribution in [0.5, 0.6) is 0 Å². The van der Waals surface area contributed by atoms with Crippen LogP contribution in [0.4, 0.5) is 8.78 Å². The molecule has 142 valence electrons. The van der Waals surface area contributed by atoms with Crippen LogP contribution in [-0.2, 0) is 10.5 Å². The number of hydrogen-bond donors (Lipinski definition) is 0. The van der Waals surface area contributed by atoms with E-state index in [2.05, 4.69) is 17.1 Å². The highest BCUT2D eigenvalue weighted by molar-refractivity contribution is 8.76. The summed E-state index contributed by atoms with van der Waals surface area (Å²) in [5, 5.41) is 0. The monoisotopic (exact) mass is 405 g/mol. The van der Waals surface area contributed by atoms with E-state index in [1.165, 1.54) is 48.8 Å². The van der Waals surface area contributed by atoms with Gasteiger partial charge in [-0.1, -0.05) is 58.3 Å². The van der Waals surface area contributed by atoms with Gasteiger partial charge in [0.05, 0.1) is 0 Å². The normalized spacial score (nSPS) is 19.5. The number of halogens is 2. The van der Waals surface area contributed by atoms with Gasteiger partial charge in [-0.3, -0.25) is 0 Å². The molecule has 1 aliphatic carbocycles. The van der Waals surface area contributed by atoms with Crippen molar-refractivity contribution >= 4 is 27.5 Å². The molecule has 2 aromatic carbocycles. The largest absolute Gasteiger partial charge is 0.475 e. The van der Waals surface area contributed by atoms with E-state index in [1.807, 2.05) is 33.7 Å². The summed E-state index contributed by atoms with van der Waals surface area (Å²) < 4.78 is 33.3. The maximum absolute atomic E-state index is 13.9. The summed E-state index contributed by atoms with van der Waals surface area (Å²) in [6, 6.07) is 11.8. The predicted molar refractivity (Wildman–Crippen MR) is 109 cm³/mol. The number of benzene rings is 2. The van der Waals surface area contributed by atoms with Crippen LogP contribution < -0.4 is 0 Å². The van der Waals surface area contributed by atoms with Gasteiger partial charge in [-0.05, 0) is 42.0 Å². The first-order valence-electron chi connectivity index (χ1n) is 9.19. The minimum atomic E-state index is -0.652. The lowest BCUT2D eigenvalue weighted by molar-refractivity contribution is 0.317. The quantitative estimate of drug-likeness (QED) is 0.406. The zero-order chi connectivity index (χ0) is 18.6. The van der Waals surface area contributed by atoms with Crippen LogP contribution in [0, 0.1) is 17.6 Å². The lowest BCUT2D eigenvalue weighted by Crippen LogP contribution is -2.12. The number of nitrogens with zero attached hydrogens (tertiary/aromatic N) is 1. The molecule has 1 aliphatic heterocycles. The Hall–Kier alpha value is -1.53. The summed E-state index contributed by atoms with van der Waals surface area (Å²) in [5.74, 6) is 1.91. The number of hydrogen-bond acceptors (Lipinski definition) is 4. The molecule has 0 radical (unpaired) electrons. The van der Waals surface area contributed by atoms with Crippen LogP contribution in [0.2, 0.25) is 0 Å². The van der Waals surface area contributed by atoms with Crippen molar-refractivity contribution in [3.63, 3.8) is 0 Å². The van der Waals surface area contributed by atoms with E-state index in [4.69, 9.17) is 4.74 Å². The zero-order valence-electron chi connectivity index (χ0n) is 14.9. The summed E-state index contributed by atoms with van der Waals surface area (Å²) in [4.78, 5) is 4.40. The van der Waals surface area contributed by atoms with E-state index in [1.54, 1.807) is 0 Å². The molecule has 27 heavy (non-hydrogen) atoms. The van der Waals surface area contributed by atoms with Crippen molar-refractivity contribution in [1.82, 2.24) is 0 Å². The second-order valence-electron chi connectivity index (χ2n) is 6.94. The summed E-state index contributed by atoms with van der Waals surface area (Å²) in [6.07, 6.45) is 4.19. The van der Waals surface area contributed by atoms with Crippen LogP contribution >= 0.6 is 21.6 Å². The molecule has 1 fully saturated rings. The molecule has 1 atom stereocenters. The van der Waals surface area contributed by atoms with E-state index in [0.717, 1.165) is 17.2 Å². The van der Waals surface area contributed by atoms with Crippen LogP contribution in [0.25, 0.3) is 0 Å². The van der Waals surface area contributed by atoms with Crippen molar-refractivity contribution in [3.8, 4) is 0 Å². The van der Waals surface area contributed by atoms with E-state index in [-0.39, 0.29) is 17.5 Å². The smallest absolute Gasteiger partial charge is 0.222 e. The molecule has 2 nitrogen and oxygen atoms in total. The van der Waals surface area contributed by atoms with Gasteiger partial charge >= 0.3 is 0 Å². The van der Waals surface area contributed by atoms with Gasteiger partial charge in [0.25, 0.3) is 0 Å². The molecule has 1 unspecified atom stereocenters. The van der Waals surface area contributed by atoms with E-state index >= 15 is 0 Å². The molecule has 2 aromatic rings. The second kappa shape index (κ2) is 8.65. The molecule has 0 saturated heterocycles. The van der Waals surface area contributed by atoms with Gasteiger partial charge < -0.3 is 4.74 Å². The third-order valence-corrected chi connectivity index (χ3v) is 7.52. The van der Waals surface area contributed by atoms with Gasteiger partial charge in [-0.25, -0.2) is 13.8 Å². The molecule has 1 heterocycles. The molecule has 1 saturated carbocycles. The minimum absolute atomic E-state index is 0.0441. The lowest BCUT2D eigenvalue weighted by atomic mass is 9.87. The van der Waals surface area contributed by atoms with Crippen molar-refractivity contribution in [3.05, 3.63) is 70.8 Å². The van der Waals surface area contributed by atoms with Crippen LogP contribution in [0.3, 0.4) is 0 Å². The Morgan fingerprint density at radius 1 is 1.00 bits per heavy atom.